The van der Waals surface area contributed by atoms with Crippen molar-refractivity contribution in [3.8, 4) is 17.3 Å². The molecule has 31 heavy (non-hydrogen) atoms. The zero-order valence-electron chi connectivity index (χ0n) is 19.9. The molecule has 2 heteroatoms. The number of unbranched alkanes of at least 4 members (excludes halogenated alkanes) is 3. The maximum absolute atomic E-state index is 9.84. The normalized spacial score (nSPS) is 22.1. The number of hydrogen-bond donors (Lipinski definition) is 0. The van der Waals surface area contributed by atoms with Gasteiger partial charge in [-0.1, -0.05) is 76.8 Å². The molecule has 3 rings (SSSR count). The number of pyridine rings is 1. The lowest BCUT2D eigenvalue weighted by molar-refractivity contribution is 0.198. The first-order chi connectivity index (χ1) is 15.1. The molecule has 166 valence electrons. The molecular weight excluding hydrogens is 376 g/mol. The van der Waals surface area contributed by atoms with Gasteiger partial charge in [-0.25, -0.2) is 0 Å². The SMILES string of the molecule is CCCCCCc1ccc(-c2ccc([C@H]3CC[C@@](C#N)(C[C@@H](C)CC)CC3)cc2)nc1. The topological polar surface area (TPSA) is 36.7 Å². The molecular formula is C29H40N2. The highest BCUT2D eigenvalue weighted by molar-refractivity contribution is 5.59. The zero-order valence-corrected chi connectivity index (χ0v) is 19.9. The third-order valence-corrected chi connectivity index (χ3v) is 7.44. The Kier molecular flexibility index (Phi) is 8.70. The van der Waals surface area contributed by atoms with Crippen LogP contribution >= 0.6 is 0 Å². The lowest BCUT2D eigenvalue weighted by atomic mass is 9.66. The van der Waals surface area contributed by atoms with Gasteiger partial charge in [-0.05, 0) is 74.0 Å². The highest BCUT2D eigenvalue weighted by atomic mass is 14.7. The van der Waals surface area contributed by atoms with Crippen LogP contribution in [0.3, 0.4) is 0 Å². The molecule has 1 saturated carbocycles. The van der Waals surface area contributed by atoms with Gasteiger partial charge in [-0.15, -0.1) is 0 Å². The molecule has 1 aliphatic rings. The van der Waals surface area contributed by atoms with E-state index in [-0.39, 0.29) is 5.41 Å². The van der Waals surface area contributed by atoms with E-state index < -0.39 is 0 Å². The van der Waals surface area contributed by atoms with Crippen LogP contribution in [0.4, 0.5) is 0 Å². The van der Waals surface area contributed by atoms with Gasteiger partial charge in [0.2, 0.25) is 0 Å². The average molecular weight is 417 g/mol. The fraction of sp³-hybridized carbons (Fsp3) is 0.586. The number of aryl methyl sites for hydroxylation is 1. The van der Waals surface area contributed by atoms with Crippen LogP contribution in [0.15, 0.2) is 42.6 Å². The quantitative estimate of drug-likeness (QED) is 0.364. The van der Waals surface area contributed by atoms with Gasteiger partial charge in [0.15, 0.2) is 0 Å². The number of benzene rings is 1. The number of aromatic nitrogens is 1. The molecule has 1 aromatic heterocycles. The van der Waals surface area contributed by atoms with E-state index in [1.807, 2.05) is 0 Å². The lowest BCUT2D eigenvalue weighted by Crippen LogP contribution is -2.27. The Hall–Kier alpha value is -2.14. The maximum Gasteiger partial charge on any atom is 0.0702 e. The summed E-state index contributed by atoms with van der Waals surface area (Å²) in [7, 11) is 0. The molecule has 0 N–H and O–H groups in total. The van der Waals surface area contributed by atoms with Gasteiger partial charge in [0.1, 0.15) is 0 Å². The third-order valence-electron chi connectivity index (χ3n) is 7.44. The first-order valence-corrected chi connectivity index (χ1v) is 12.6. The van der Waals surface area contributed by atoms with Crippen molar-refractivity contribution >= 4 is 0 Å². The van der Waals surface area contributed by atoms with E-state index in [9.17, 15) is 5.26 Å². The molecule has 0 spiro atoms. The molecule has 1 heterocycles. The van der Waals surface area contributed by atoms with E-state index in [1.165, 1.54) is 48.8 Å². The predicted molar refractivity (Wildman–Crippen MR) is 131 cm³/mol. The molecule has 0 saturated heterocycles. The molecule has 1 atom stereocenters. The first-order valence-electron chi connectivity index (χ1n) is 12.6. The van der Waals surface area contributed by atoms with Crippen molar-refractivity contribution in [2.24, 2.45) is 11.3 Å². The van der Waals surface area contributed by atoms with Crippen molar-refractivity contribution in [2.75, 3.05) is 0 Å². The van der Waals surface area contributed by atoms with Crippen molar-refractivity contribution in [1.82, 2.24) is 4.98 Å². The van der Waals surface area contributed by atoms with Crippen molar-refractivity contribution in [3.63, 3.8) is 0 Å². The molecule has 0 unspecified atom stereocenters. The Labute approximate surface area is 190 Å². The number of rotatable bonds is 10. The minimum atomic E-state index is -0.0892. The van der Waals surface area contributed by atoms with Crippen molar-refractivity contribution < 1.29 is 0 Å². The van der Waals surface area contributed by atoms with Crippen LogP contribution < -0.4 is 0 Å². The van der Waals surface area contributed by atoms with Gasteiger partial charge >= 0.3 is 0 Å². The highest BCUT2D eigenvalue weighted by Crippen LogP contribution is 2.46. The summed E-state index contributed by atoms with van der Waals surface area (Å²) in [6.45, 7) is 6.78. The summed E-state index contributed by atoms with van der Waals surface area (Å²) in [4.78, 5) is 4.72. The molecule has 0 amide bonds. The van der Waals surface area contributed by atoms with E-state index in [4.69, 9.17) is 4.98 Å². The van der Waals surface area contributed by atoms with Gasteiger partial charge < -0.3 is 0 Å². The smallest absolute Gasteiger partial charge is 0.0702 e. The van der Waals surface area contributed by atoms with E-state index >= 15 is 0 Å². The fourth-order valence-electron chi connectivity index (χ4n) is 5.10. The Balaban J connectivity index is 1.56. The summed E-state index contributed by atoms with van der Waals surface area (Å²) in [5.41, 5.74) is 4.93. The standard InChI is InChI=1S/C29H40N2/c1-4-6-7-8-9-24-10-15-28(31-21-24)27-13-11-25(12-14-27)26-16-18-29(22-30,19-17-26)20-23(3)5-2/h10-15,21,23,26H,4-9,16-20H2,1-3H3/t23-,26-,29-/m0/s1. The van der Waals surface area contributed by atoms with Crippen LogP contribution in [0.25, 0.3) is 11.3 Å². The second kappa shape index (κ2) is 11.5. The Morgan fingerprint density at radius 1 is 1.03 bits per heavy atom. The van der Waals surface area contributed by atoms with Crippen LogP contribution in [-0.2, 0) is 6.42 Å². The summed E-state index contributed by atoms with van der Waals surface area (Å²) < 4.78 is 0. The van der Waals surface area contributed by atoms with Gasteiger partial charge in [0.05, 0.1) is 17.2 Å². The van der Waals surface area contributed by atoms with Gasteiger partial charge in [-0.3, -0.25) is 4.98 Å². The summed E-state index contributed by atoms with van der Waals surface area (Å²) >= 11 is 0. The Bertz CT molecular complexity index is 821. The minimum absolute atomic E-state index is 0.0892. The van der Waals surface area contributed by atoms with Crippen LogP contribution in [-0.4, -0.2) is 4.98 Å². The number of nitriles is 1. The third kappa shape index (κ3) is 6.42. The van der Waals surface area contributed by atoms with Crippen LogP contribution in [0.2, 0.25) is 0 Å². The average Bonchev–Trinajstić information content (AvgIpc) is 2.83. The lowest BCUT2D eigenvalue weighted by Gasteiger charge is -2.36. The highest BCUT2D eigenvalue weighted by Gasteiger charge is 2.36. The molecule has 0 radical (unpaired) electrons. The maximum atomic E-state index is 9.84. The molecule has 1 aromatic carbocycles. The van der Waals surface area contributed by atoms with Crippen LogP contribution in [0, 0.1) is 22.7 Å². The first kappa shape index (κ1) is 23.5. The summed E-state index contributed by atoms with van der Waals surface area (Å²) in [6, 6.07) is 16.1. The van der Waals surface area contributed by atoms with Crippen molar-refractivity contribution in [2.45, 2.75) is 97.3 Å². The summed E-state index contributed by atoms with van der Waals surface area (Å²) in [5.74, 6) is 1.23. The van der Waals surface area contributed by atoms with E-state index in [0.717, 1.165) is 44.2 Å². The second-order valence-corrected chi connectivity index (χ2v) is 9.87. The van der Waals surface area contributed by atoms with Crippen LogP contribution in [0.1, 0.15) is 102 Å². The number of nitrogens with zero attached hydrogens (tertiary/aromatic N) is 2. The molecule has 2 aromatic rings. The Morgan fingerprint density at radius 3 is 2.35 bits per heavy atom. The second-order valence-electron chi connectivity index (χ2n) is 9.87. The summed E-state index contributed by atoms with van der Waals surface area (Å²) in [6.07, 6.45) is 15.0. The van der Waals surface area contributed by atoms with Gasteiger partial charge in [0, 0.05) is 11.8 Å². The largest absolute Gasteiger partial charge is 0.256 e. The molecule has 0 aliphatic heterocycles. The van der Waals surface area contributed by atoms with Crippen molar-refractivity contribution in [1.29, 1.82) is 5.26 Å². The number of hydrogen-bond acceptors (Lipinski definition) is 2. The Morgan fingerprint density at radius 2 is 1.77 bits per heavy atom. The van der Waals surface area contributed by atoms with Gasteiger partial charge in [0.25, 0.3) is 0 Å². The van der Waals surface area contributed by atoms with Gasteiger partial charge in [-0.2, -0.15) is 5.26 Å². The van der Waals surface area contributed by atoms with E-state index in [1.54, 1.807) is 0 Å². The van der Waals surface area contributed by atoms with E-state index in [2.05, 4.69) is 69.4 Å². The predicted octanol–water partition coefficient (Wildman–Crippen LogP) is 8.48. The van der Waals surface area contributed by atoms with Crippen molar-refractivity contribution in [3.05, 3.63) is 53.7 Å². The molecule has 0 bridgehead atoms. The van der Waals surface area contributed by atoms with E-state index in [0.29, 0.717) is 11.8 Å². The molecule has 1 aliphatic carbocycles. The molecule has 2 nitrogen and oxygen atoms in total. The zero-order chi connectivity index (χ0) is 22.1. The summed E-state index contributed by atoms with van der Waals surface area (Å²) in [5, 5.41) is 9.84. The minimum Gasteiger partial charge on any atom is -0.256 e. The molecule has 1 fully saturated rings. The van der Waals surface area contributed by atoms with Crippen LogP contribution in [0.5, 0.6) is 0 Å². The monoisotopic (exact) mass is 416 g/mol. The fourth-order valence-corrected chi connectivity index (χ4v) is 5.10.